The number of ether oxygens (including phenoxy) is 1. The van der Waals surface area contributed by atoms with Crippen LogP contribution in [0.1, 0.15) is 31.9 Å². The van der Waals surface area contributed by atoms with Crippen LogP contribution >= 0.6 is 11.6 Å². The van der Waals surface area contributed by atoms with Crippen molar-refractivity contribution in [3.63, 3.8) is 0 Å². The average molecular weight is 269 g/mol. The fourth-order valence-electron chi connectivity index (χ4n) is 2.35. The van der Waals surface area contributed by atoms with E-state index in [0.29, 0.717) is 6.04 Å². The molecule has 0 aromatic heterocycles. The van der Waals surface area contributed by atoms with Crippen molar-refractivity contribution in [1.29, 1.82) is 0 Å². The van der Waals surface area contributed by atoms with Gasteiger partial charge in [0.2, 0.25) is 0 Å². The number of rotatable bonds is 3. The summed E-state index contributed by atoms with van der Waals surface area (Å²) in [7, 11) is 0. The molecule has 0 radical (unpaired) electrons. The van der Waals surface area contributed by atoms with E-state index in [2.05, 4.69) is 24.0 Å². The Kier molecular flexibility index (Phi) is 4.49. The second-order valence-electron chi connectivity index (χ2n) is 4.83. The first kappa shape index (κ1) is 13.7. The number of morpholine rings is 1. The van der Waals surface area contributed by atoms with Gasteiger partial charge >= 0.3 is 0 Å². The van der Waals surface area contributed by atoms with Crippen LogP contribution in [0.3, 0.4) is 0 Å². The third-order valence-corrected chi connectivity index (χ3v) is 3.81. The Labute approximate surface area is 114 Å². The topological polar surface area (TPSA) is 38.5 Å². The Morgan fingerprint density at radius 3 is 2.94 bits per heavy atom. The summed E-state index contributed by atoms with van der Waals surface area (Å²) in [5.74, 6) is 0. The molecule has 1 heterocycles. The number of nitrogens with two attached hydrogens (primary N) is 1. The van der Waals surface area contributed by atoms with Gasteiger partial charge in [0.25, 0.3) is 0 Å². The molecule has 0 amide bonds. The van der Waals surface area contributed by atoms with Crippen LogP contribution in [0.2, 0.25) is 5.02 Å². The number of anilines is 1. The quantitative estimate of drug-likeness (QED) is 0.916. The molecule has 2 atom stereocenters. The molecular weight excluding hydrogens is 248 g/mol. The molecular formula is C14H21ClN2O. The maximum atomic E-state index is 6.39. The maximum Gasteiger partial charge on any atom is 0.0670 e. The smallest absolute Gasteiger partial charge is 0.0670 e. The van der Waals surface area contributed by atoms with Crippen molar-refractivity contribution in [2.24, 2.45) is 5.73 Å². The molecule has 18 heavy (non-hydrogen) atoms. The SMILES string of the molecule is CCC1COCCN1c1ccc([C@H](C)N)cc1Cl. The lowest BCUT2D eigenvalue weighted by atomic mass is 10.1. The average Bonchev–Trinajstić information content (AvgIpc) is 2.38. The van der Waals surface area contributed by atoms with Crippen molar-refractivity contribution < 1.29 is 4.74 Å². The lowest BCUT2D eigenvalue weighted by molar-refractivity contribution is 0.0930. The van der Waals surface area contributed by atoms with Gasteiger partial charge in [-0.1, -0.05) is 24.6 Å². The van der Waals surface area contributed by atoms with Gasteiger partial charge in [-0.05, 0) is 31.0 Å². The summed E-state index contributed by atoms with van der Waals surface area (Å²) in [6, 6.07) is 6.55. The van der Waals surface area contributed by atoms with E-state index in [-0.39, 0.29) is 6.04 Å². The minimum atomic E-state index is 0.0169. The lowest BCUT2D eigenvalue weighted by Crippen LogP contribution is -2.45. The van der Waals surface area contributed by atoms with Gasteiger partial charge in [-0.25, -0.2) is 0 Å². The minimum Gasteiger partial charge on any atom is -0.377 e. The molecule has 1 aliphatic rings. The van der Waals surface area contributed by atoms with Gasteiger partial charge in [-0.2, -0.15) is 0 Å². The zero-order valence-corrected chi connectivity index (χ0v) is 11.8. The first-order chi connectivity index (χ1) is 8.63. The van der Waals surface area contributed by atoms with Crippen LogP contribution in [0.25, 0.3) is 0 Å². The largest absolute Gasteiger partial charge is 0.377 e. The van der Waals surface area contributed by atoms with Crippen LogP contribution in [-0.2, 0) is 4.74 Å². The third-order valence-electron chi connectivity index (χ3n) is 3.51. The molecule has 1 fully saturated rings. The first-order valence-corrected chi connectivity index (χ1v) is 6.90. The van der Waals surface area contributed by atoms with Crippen LogP contribution in [-0.4, -0.2) is 25.8 Å². The molecule has 0 spiro atoms. The fraction of sp³-hybridized carbons (Fsp3) is 0.571. The molecule has 1 aromatic carbocycles. The predicted molar refractivity (Wildman–Crippen MR) is 76.3 cm³/mol. The predicted octanol–water partition coefficient (Wildman–Crippen LogP) is 2.97. The number of hydrogen-bond acceptors (Lipinski definition) is 3. The Morgan fingerprint density at radius 2 is 2.33 bits per heavy atom. The highest BCUT2D eigenvalue weighted by Crippen LogP contribution is 2.31. The summed E-state index contributed by atoms with van der Waals surface area (Å²) >= 11 is 6.39. The summed E-state index contributed by atoms with van der Waals surface area (Å²) in [5, 5.41) is 0.783. The van der Waals surface area contributed by atoms with E-state index in [4.69, 9.17) is 22.1 Å². The van der Waals surface area contributed by atoms with Crippen molar-refractivity contribution in [3.8, 4) is 0 Å². The summed E-state index contributed by atoms with van der Waals surface area (Å²) in [6.45, 7) is 6.59. The Bertz CT molecular complexity index is 409. The summed E-state index contributed by atoms with van der Waals surface area (Å²) in [5.41, 5.74) is 8.04. The second-order valence-corrected chi connectivity index (χ2v) is 5.24. The van der Waals surface area contributed by atoms with Gasteiger partial charge in [-0.3, -0.25) is 0 Å². The monoisotopic (exact) mass is 268 g/mol. The van der Waals surface area contributed by atoms with E-state index < -0.39 is 0 Å². The summed E-state index contributed by atoms with van der Waals surface area (Å²) in [4.78, 5) is 2.34. The van der Waals surface area contributed by atoms with Crippen molar-refractivity contribution in [2.45, 2.75) is 32.4 Å². The van der Waals surface area contributed by atoms with E-state index in [1.807, 2.05) is 13.0 Å². The molecule has 0 aliphatic carbocycles. The lowest BCUT2D eigenvalue weighted by Gasteiger charge is -2.37. The standard InChI is InChI=1S/C14H21ClN2O/c1-3-12-9-18-7-6-17(12)14-5-4-11(10(2)16)8-13(14)15/h4-5,8,10,12H,3,6-7,9,16H2,1-2H3/t10-,12?/m0/s1. The molecule has 1 saturated heterocycles. The Hall–Kier alpha value is -0.770. The molecule has 1 aliphatic heterocycles. The van der Waals surface area contributed by atoms with Gasteiger partial charge < -0.3 is 15.4 Å². The highest BCUT2D eigenvalue weighted by molar-refractivity contribution is 6.33. The van der Waals surface area contributed by atoms with E-state index in [1.54, 1.807) is 0 Å². The number of hydrogen-bond donors (Lipinski definition) is 1. The molecule has 4 heteroatoms. The molecule has 1 aromatic rings. The zero-order chi connectivity index (χ0) is 13.1. The van der Waals surface area contributed by atoms with E-state index >= 15 is 0 Å². The van der Waals surface area contributed by atoms with Crippen molar-refractivity contribution >= 4 is 17.3 Å². The number of nitrogens with zero attached hydrogens (tertiary/aromatic N) is 1. The van der Waals surface area contributed by atoms with E-state index in [0.717, 1.165) is 42.5 Å². The Balaban J connectivity index is 2.26. The highest BCUT2D eigenvalue weighted by atomic mass is 35.5. The van der Waals surface area contributed by atoms with Crippen LogP contribution in [0.15, 0.2) is 18.2 Å². The van der Waals surface area contributed by atoms with E-state index in [9.17, 15) is 0 Å². The highest BCUT2D eigenvalue weighted by Gasteiger charge is 2.23. The molecule has 0 bridgehead atoms. The Morgan fingerprint density at radius 1 is 1.56 bits per heavy atom. The summed E-state index contributed by atoms with van der Waals surface area (Å²) < 4.78 is 5.52. The third kappa shape index (κ3) is 2.79. The van der Waals surface area contributed by atoms with Crippen LogP contribution < -0.4 is 10.6 Å². The van der Waals surface area contributed by atoms with Gasteiger partial charge in [0.15, 0.2) is 0 Å². The fourth-order valence-corrected chi connectivity index (χ4v) is 2.65. The number of benzene rings is 1. The van der Waals surface area contributed by atoms with Crippen LogP contribution in [0.4, 0.5) is 5.69 Å². The molecule has 0 saturated carbocycles. The van der Waals surface area contributed by atoms with Crippen LogP contribution in [0.5, 0.6) is 0 Å². The molecule has 100 valence electrons. The van der Waals surface area contributed by atoms with Gasteiger partial charge in [0, 0.05) is 12.6 Å². The van der Waals surface area contributed by atoms with Gasteiger partial charge in [0.05, 0.1) is 30.0 Å². The molecule has 3 nitrogen and oxygen atoms in total. The second kappa shape index (κ2) is 5.91. The molecule has 1 unspecified atom stereocenters. The summed E-state index contributed by atoms with van der Waals surface area (Å²) in [6.07, 6.45) is 1.06. The first-order valence-electron chi connectivity index (χ1n) is 6.53. The van der Waals surface area contributed by atoms with Crippen molar-refractivity contribution in [3.05, 3.63) is 28.8 Å². The number of halogens is 1. The normalized spacial score (nSPS) is 22.0. The maximum absolute atomic E-state index is 6.39. The van der Waals surface area contributed by atoms with Crippen molar-refractivity contribution in [2.75, 3.05) is 24.7 Å². The van der Waals surface area contributed by atoms with Gasteiger partial charge in [-0.15, -0.1) is 0 Å². The zero-order valence-electron chi connectivity index (χ0n) is 11.0. The van der Waals surface area contributed by atoms with Gasteiger partial charge in [0.1, 0.15) is 0 Å². The van der Waals surface area contributed by atoms with Crippen molar-refractivity contribution in [1.82, 2.24) is 0 Å². The van der Waals surface area contributed by atoms with E-state index in [1.165, 1.54) is 0 Å². The molecule has 2 rings (SSSR count). The van der Waals surface area contributed by atoms with Crippen LogP contribution in [0, 0.1) is 0 Å². The molecule has 2 N–H and O–H groups in total. The minimum absolute atomic E-state index is 0.0169.